The van der Waals surface area contributed by atoms with Crippen LogP contribution in [0.4, 0.5) is 4.79 Å². The van der Waals surface area contributed by atoms with Crippen molar-refractivity contribution in [3.05, 3.63) is 70.8 Å². The van der Waals surface area contributed by atoms with E-state index in [0.717, 1.165) is 24.0 Å². The maximum absolute atomic E-state index is 12.5. The standard InChI is InChI=1S/C22H28N2O2/c1-22(2)13-12-20(18-10-6-7-11-19(18)22)24-21(25)23-14-16-8-4-5-9-17(16)15-26-3/h4-11,20H,12-15H2,1-3H3,(H2,23,24,25). The van der Waals surface area contributed by atoms with Gasteiger partial charge in [0.1, 0.15) is 0 Å². The van der Waals surface area contributed by atoms with Crippen molar-refractivity contribution >= 4 is 6.03 Å². The molecule has 1 unspecified atom stereocenters. The zero-order valence-electron chi connectivity index (χ0n) is 15.8. The lowest BCUT2D eigenvalue weighted by molar-refractivity contribution is 0.184. The van der Waals surface area contributed by atoms with Crippen molar-refractivity contribution in [3.63, 3.8) is 0 Å². The van der Waals surface area contributed by atoms with Crippen LogP contribution >= 0.6 is 0 Å². The van der Waals surface area contributed by atoms with E-state index in [0.29, 0.717) is 13.2 Å². The molecular weight excluding hydrogens is 324 g/mol. The van der Waals surface area contributed by atoms with E-state index in [1.54, 1.807) is 7.11 Å². The van der Waals surface area contributed by atoms with Crippen LogP contribution in [-0.4, -0.2) is 13.1 Å². The zero-order chi connectivity index (χ0) is 18.6. The SMILES string of the molecule is COCc1ccccc1CNC(=O)NC1CCC(C)(C)c2ccccc21. The van der Waals surface area contributed by atoms with Crippen LogP contribution in [0.3, 0.4) is 0 Å². The maximum Gasteiger partial charge on any atom is 0.315 e. The molecule has 0 fully saturated rings. The fourth-order valence-electron chi connectivity index (χ4n) is 3.77. The Bertz CT molecular complexity index is 770. The molecule has 1 aliphatic rings. The number of nitrogens with one attached hydrogen (secondary N) is 2. The van der Waals surface area contributed by atoms with Gasteiger partial charge in [-0.1, -0.05) is 62.4 Å². The third-order valence-corrected chi connectivity index (χ3v) is 5.29. The van der Waals surface area contributed by atoms with Crippen molar-refractivity contribution < 1.29 is 9.53 Å². The number of carbonyl (C=O) groups excluding carboxylic acids is 1. The van der Waals surface area contributed by atoms with Crippen molar-refractivity contribution in [2.45, 2.75) is 51.3 Å². The van der Waals surface area contributed by atoms with Gasteiger partial charge in [0, 0.05) is 13.7 Å². The largest absolute Gasteiger partial charge is 0.380 e. The van der Waals surface area contributed by atoms with E-state index >= 15 is 0 Å². The van der Waals surface area contributed by atoms with Gasteiger partial charge < -0.3 is 15.4 Å². The molecule has 2 N–H and O–H groups in total. The lowest BCUT2D eigenvalue weighted by Gasteiger charge is -2.37. The van der Waals surface area contributed by atoms with Crippen LogP contribution < -0.4 is 10.6 Å². The van der Waals surface area contributed by atoms with E-state index in [1.165, 1.54) is 11.1 Å². The monoisotopic (exact) mass is 352 g/mol. The molecule has 0 aromatic heterocycles. The molecule has 3 rings (SSSR count). The third kappa shape index (κ3) is 4.07. The summed E-state index contributed by atoms with van der Waals surface area (Å²) in [6, 6.07) is 16.4. The van der Waals surface area contributed by atoms with Gasteiger partial charge in [-0.05, 0) is 40.5 Å². The number of rotatable bonds is 5. The molecule has 0 spiro atoms. The average molecular weight is 352 g/mol. The molecule has 4 heteroatoms. The summed E-state index contributed by atoms with van der Waals surface area (Å²) in [5.41, 5.74) is 4.90. The van der Waals surface area contributed by atoms with Crippen molar-refractivity contribution in [3.8, 4) is 0 Å². The summed E-state index contributed by atoms with van der Waals surface area (Å²) < 4.78 is 5.23. The zero-order valence-corrected chi connectivity index (χ0v) is 15.8. The highest BCUT2D eigenvalue weighted by molar-refractivity contribution is 5.74. The van der Waals surface area contributed by atoms with Gasteiger partial charge in [-0.25, -0.2) is 4.79 Å². The molecule has 2 amide bonds. The first kappa shape index (κ1) is 18.5. The van der Waals surface area contributed by atoms with Crippen LogP contribution in [0, 0.1) is 0 Å². The minimum absolute atomic E-state index is 0.0634. The van der Waals surface area contributed by atoms with Crippen LogP contribution in [0.2, 0.25) is 0 Å². The number of fused-ring (bicyclic) bond motifs is 1. The molecule has 0 saturated heterocycles. The number of ether oxygens (including phenoxy) is 1. The number of benzene rings is 2. The predicted molar refractivity (Wildman–Crippen MR) is 104 cm³/mol. The lowest BCUT2D eigenvalue weighted by Crippen LogP contribution is -2.40. The second-order valence-corrected chi connectivity index (χ2v) is 7.59. The quantitative estimate of drug-likeness (QED) is 0.835. The molecule has 4 nitrogen and oxygen atoms in total. The van der Waals surface area contributed by atoms with Crippen molar-refractivity contribution in [2.24, 2.45) is 0 Å². The summed E-state index contributed by atoms with van der Waals surface area (Å²) in [4.78, 5) is 12.5. The van der Waals surface area contributed by atoms with Gasteiger partial charge in [-0.3, -0.25) is 0 Å². The van der Waals surface area contributed by atoms with Gasteiger partial charge in [-0.15, -0.1) is 0 Å². The molecule has 0 bridgehead atoms. The molecule has 1 aliphatic carbocycles. The Hall–Kier alpha value is -2.33. The smallest absolute Gasteiger partial charge is 0.315 e. The highest BCUT2D eigenvalue weighted by atomic mass is 16.5. The Morgan fingerprint density at radius 1 is 1.12 bits per heavy atom. The Kier molecular flexibility index (Phi) is 5.62. The summed E-state index contributed by atoms with van der Waals surface area (Å²) in [6.07, 6.45) is 2.02. The van der Waals surface area contributed by atoms with Crippen LogP contribution in [0.5, 0.6) is 0 Å². The summed E-state index contributed by atoms with van der Waals surface area (Å²) >= 11 is 0. The average Bonchev–Trinajstić information content (AvgIpc) is 2.64. The number of hydrogen-bond acceptors (Lipinski definition) is 2. The highest BCUT2D eigenvalue weighted by Crippen LogP contribution is 2.41. The molecule has 0 heterocycles. The van der Waals surface area contributed by atoms with Crippen LogP contribution in [-0.2, 0) is 23.3 Å². The normalized spacial score (nSPS) is 18.0. The van der Waals surface area contributed by atoms with E-state index in [2.05, 4.69) is 42.7 Å². The first-order valence-corrected chi connectivity index (χ1v) is 9.21. The van der Waals surface area contributed by atoms with E-state index in [4.69, 9.17) is 4.74 Å². The number of urea groups is 1. The molecular formula is C22H28N2O2. The summed E-state index contributed by atoms with van der Waals surface area (Å²) in [7, 11) is 1.68. The molecule has 1 atom stereocenters. The van der Waals surface area contributed by atoms with Crippen molar-refractivity contribution in [2.75, 3.05) is 7.11 Å². The summed E-state index contributed by atoms with van der Waals surface area (Å²) in [6.45, 7) is 5.58. The molecule has 2 aromatic rings. The molecule has 0 radical (unpaired) electrons. The Labute approximate surface area is 156 Å². The number of methoxy groups -OCH3 is 1. The van der Waals surface area contributed by atoms with Gasteiger partial charge in [0.15, 0.2) is 0 Å². The fraction of sp³-hybridized carbons (Fsp3) is 0.409. The van der Waals surface area contributed by atoms with Gasteiger partial charge >= 0.3 is 6.03 Å². The highest BCUT2D eigenvalue weighted by Gasteiger charge is 2.32. The molecule has 0 saturated carbocycles. The molecule has 0 aliphatic heterocycles. The molecule has 138 valence electrons. The summed E-state index contributed by atoms with van der Waals surface area (Å²) in [5.74, 6) is 0. The summed E-state index contributed by atoms with van der Waals surface area (Å²) in [5, 5.41) is 6.14. The van der Waals surface area contributed by atoms with E-state index in [1.807, 2.05) is 30.3 Å². The molecule has 26 heavy (non-hydrogen) atoms. The minimum Gasteiger partial charge on any atom is -0.380 e. The van der Waals surface area contributed by atoms with Crippen LogP contribution in [0.15, 0.2) is 48.5 Å². The van der Waals surface area contributed by atoms with E-state index < -0.39 is 0 Å². The first-order chi connectivity index (χ1) is 12.5. The minimum atomic E-state index is -0.128. The van der Waals surface area contributed by atoms with Crippen LogP contribution in [0.1, 0.15) is 55.0 Å². The van der Waals surface area contributed by atoms with E-state index in [-0.39, 0.29) is 17.5 Å². The first-order valence-electron chi connectivity index (χ1n) is 9.21. The predicted octanol–water partition coefficient (Wildman–Crippen LogP) is 4.44. The van der Waals surface area contributed by atoms with E-state index in [9.17, 15) is 4.79 Å². The number of hydrogen-bond donors (Lipinski definition) is 2. The number of amides is 2. The van der Waals surface area contributed by atoms with Crippen molar-refractivity contribution in [1.29, 1.82) is 0 Å². The lowest BCUT2D eigenvalue weighted by atomic mass is 9.71. The number of carbonyl (C=O) groups is 1. The Morgan fingerprint density at radius 2 is 1.81 bits per heavy atom. The topological polar surface area (TPSA) is 50.4 Å². The third-order valence-electron chi connectivity index (χ3n) is 5.29. The second-order valence-electron chi connectivity index (χ2n) is 7.59. The fourth-order valence-corrected chi connectivity index (χ4v) is 3.77. The Balaban J connectivity index is 1.64. The Morgan fingerprint density at radius 3 is 2.58 bits per heavy atom. The van der Waals surface area contributed by atoms with Crippen molar-refractivity contribution in [1.82, 2.24) is 10.6 Å². The van der Waals surface area contributed by atoms with Gasteiger partial charge in [0.2, 0.25) is 0 Å². The van der Waals surface area contributed by atoms with Gasteiger partial charge in [0.05, 0.1) is 12.6 Å². The maximum atomic E-state index is 12.5. The molecule has 2 aromatic carbocycles. The van der Waals surface area contributed by atoms with Crippen LogP contribution in [0.25, 0.3) is 0 Å². The van der Waals surface area contributed by atoms with Gasteiger partial charge in [0.25, 0.3) is 0 Å². The second kappa shape index (κ2) is 7.92. The van der Waals surface area contributed by atoms with Gasteiger partial charge in [-0.2, -0.15) is 0 Å².